The number of aromatic nitrogens is 2. The van der Waals surface area contributed by atoms with E-state index in [9.17, 15) is 0 Å². The molecule has 1 aromatic rings. The number of likely N-dealkylation sites (tertiary alicyclic amines) is 1. The minimum atomic E-state index is 0.539. The van der Waals surface area contributed by atoms with Gasteiger partial charge in [0.1, 0.15) is 0 Å². The van der Waals surface area contributed by atoms with Crippen LogP contribution in [0, 0.1) is 0 Å². The van der Waals surface area contributed by atoms with Gasteiger partial charge < -0.3 is 9.15 Å². The van der Waals surface area contributed by atoms with Crippen molar-refractivity contribution in [3.05, 3.63) is 11.8 Å². The summed E-state index contributed by atoms with van der Waals surface area (Å²) in [6.45, 7) is 4.83. The summed E-state index contributed by atoms with van der Waals surface area (Å²) in [5, 5.41) is 8.31. The Morgan fingerprint density at radius 2 is 2.20 bits per heavy atom. The van der Waals surface area contributed by atoms with Crippen molar-refractivity contribution in [3.63, 3.8) is 0 Å². The van der Waals surface area contributed by atoms with Crippen molar-refractivity contribution in [2.24, 2.45) is 0 Å². The summed E-state index contributed by atoms with van der Waals surface area (Å²) in [5.41, 5.74) is 0. The van der Waals surface area contributed by atoms with E-state index < -0.39 is 0 Å². The minimum absolute atomic E-state index is 0.539. The van der Waals surface area contributed by atoms with Gasteiger partial charge in [0.05, 0.1) is 13.2 Å². The van der Waals surface area contributed by atoms with Crippen LogP contribution in [0.2, 0.25) is 0 Å². The topological polar surface area (TPSA) is 54.6 Å². The average molecular weight is 280 g/mol. The molecule has 2 heterocycles. The van der Waals surface area contributed by atoms with Crippen LogP contribution in [0.1, 0.15) is 37.0 Å². The minimum Gasteiger partial charge on any atom is -0.424 e. The van der Waals surface area contributed by atoms with Crippen molar-refractivity contribution < 1.29 is 9.15 Å². The predicted molar refractivity (Wildman–Crippen MR) is 74.5 cm³/mol. The van der Waals surface area contributed by atoms with Crippen LogP contribution in [-0.4, -0.2) is 66.4 Å². The van der Waals surface area contributed by atoms with Gasteiger partial charge in [-0.15, -0.1) is 10.2 Å². The summed E-state index contributed by atoms with van der Waals surface area (Å²) < 4.78 is 10.9. The van der Waals surface area contributed by atoms with Crippen LogP contribution < -0.4 is 0 Å². The summed E-state index contributed by atoms with van der Waals surface area (Å²) in [7, 11) is 3.90. The summed E-state index contributed by atoms with van der Waals surface area (Å²) in [5.74, 6) is 2.13. The largest absolute Gasteiger partial charge is 0.424 e. The van der Waals surface area contributed by atoms with E-state index in [1.165, 1.54) is 19.3 Å². The van der Waals surface area contributed by atoms with Crippen molar-refractivity contribution >= 4 is 0 Å². The highest BCUT2D eigenvalue weighted by Gasteiger charge is 2.30. The summed E-state index contributed by atoms with van der Waals surface area (Å²) in [6, 6.07) is 0.572. The molecule has 0 spiro atoms. The van der Waals surface area contributed by atoms with Crippen LogP contribution in [0.25, 0.3) is 0 Å². The monoisotopic (exact) mass is 280 g/mol. The molecule has 3 rings (SSSR count). The first-order valence-electron chi connectivity index (χ1n) is 7.50. The number of ether oxygens (including phenoxy) is 1. The van der Waals surface area contributed by atoms with Crippen LogP contribution in [0.3, 0.4) is 0 Å². The average Bonchev–Trinajstić information content (AvgIpc) is 3.01. The fourth-order valence-electron chi connectivity index (χ4n) is 2.76. The van der Waals surface area contributed by atoms with E-state index in [0.29, 0.717) is 12.0 Å². The molecule has 0 radical (unpaired) electrons. The molecular formula is C14H24N4O2. The van der Waals surface area contributed by atoms with Crippen molar-refractivity contribution in [2.75, 3.05) is 40.4 Å². The third-order valence-electron chi connectivity index (χ3n) is 4.28. The molecule has 112 valence electrons. The van der Waals surface area contributed by atoms with Gasteiger partial charge in [-0.05, 0) is 32.9 Å². The second-order valence-electron chi connectivity index (χ2n) is 5.96. The van der Waals surface area contributed by atoms with Crippen LogP contribution in [-0.2, 0) is 11.3 Å². The van der Waals surface area contributed by atoms with Crippen LogP contribution in [0.4, 0.5) is 0 Å². The maximum Gasteiger partial charge on any atom is 0.230 e. The lowest BCUT2D eigenvalue weighted by Gasteiger charge is -2.23. The van der Waals surface area contributed by atoms with Gasteiger partial charge in [0, 0.05) is 32.2 Å². The van der Waals surface area contributed by atoms with E-state index in [1.807, 2.05) is 0 Å². The van der Waals surface area contributed by atoms with Gasteiger partial charge in [0.25, 0.3) is 0 Å². The molecule has 2 aliphatic rings. The van der Waals surface area contributed by atoms with Gasteiger partial charge in [-0.3, -0.25) is 9.80 Å². The Morgan fingerprint density at radius 3 is 2.95 bits per heavy atom. The Morgan fingerprint density at radius 1 is 1.35 bits per heavy atom. The second-order valence-corrected chi connectivity index (χ2v) is 5.96. The fraction of sp³-hybridized carbons (Fsp3) is 0.857. The van der Waals surface area contributed by atoms with E-state index in [2.05, 4.69) is 27.0 Å². The molecule has 1 aromatic heterocycles. The van der Waals surface area contributed by atoms with Gasteiger partial charge >= 0.3 is 0 Å². The lowest BCUT2D eigenvalue weighted by molar-refractivity contribution is 0.151. The molecule has 6 nitrogen and oxygen atoms in total. The molecule has 20 heavy (non-hydrogen) atoms. The van der Waals surface area contributed by atoms with Gasteiger partial charge in [0.2, 0.25) is 11.8 Å². The second kappa shape index (κ2) is 6.20. The standard InChI is InChI=1S/C14H24N4O2/c1-17(12-5-6-18(9-12)7-8-19-2)10-13-15-16-14(20-13)11-3-4-11/h11-12H,3-10H2,1-2H3/t12-/m1/s1. The molecule has 0 aromatic carbocycles. The van der Waals surface area contributed by atoms with Crippen molar-refractivity contribution in [1.29, 1.82) is 0 Å². The zero-order chi connectivity index (χ0) is 13.9. The molecule has 1 saturated heterocycles. The smallest absolute Gasteiger partial charge is 0.230 e. The first-order chi connectivity index (χ1) is 9.76. The predicted octanol–water partition coefficient (Wildman–Crippen LogP) is 1.10. The Labute approximate surface area is 120 Å². The first kappa shape index (κ1) is 14.0. The number of rotatable bonds is 7. The van der Waals surface area contributed by atoms with E-state index in [1.54, 1.807) is 7.11 Å². The normalized spacial score (nSPS) is 23.9. The lowest BCUT2D eigenvalue weighted by Crippen LogP contribution is -2.35. The molecule has 1 atom stereocenters. The number of likely N-dealkylation sites (N-methyl/N-ethyl adjacent to an activating group) is 1. The van der Waals surface area contributed by atoms with Crippen molar-refractivity contribution in [3.8, 4) is 0 Å². The van der Waals surface area contributed by atoms with Crippen LogP contribution >= 0.6 is 0 Å². The maximum atomic E-state index is 5.73. The molecule has 1 saturated carbocycles. The number of methoxy groups -OCH3 is 1. The summed E-state index contributed by atoms with van der Waals surface area (Å²) in [6.07, 6.45) is 3.60. The molecular weight excluding hydrogens is 256 g/mol. The van der Waals surface area contributed by atoms with Crippen molar-refractivity contribution in [1.82, 2.24) is 20.0 Å². The highest BCUT2D eigenvalue weighted by molar-refractivity contribution is 5.00. The van der Waals surface area contributed by atoms with Crippen molar-refractivity contribution in [2.45, 2.75) is 37.8 Å². The van der Waals surface area contributed by atoms with Crippen LogP contribution in [0.5, 0.6) is 0 Å². The Balaban J connectivity index is 1.47. The third-order valence-corrected chi connectivity index (χ3v) is 4.28. The Bertz CT molecular complexity index is 433. The molecule has 0 bridgehead atoms. The van der Waals surface area contributed by atoms with Gasteiger partial charge in [-0.25, -0.2) is 0 Å². The van der Waals surface area contributed by atoms with Crippen LogP contribution in [0.15, 0.2) is 4.42 Å². The van der Waals surface area contributed by atoms with E-state index in [-0.39, 0.29) is 0 Å². The number of hydrogen-bond donors (Lipinski definition) is 0. The third kappa shape index (κ3) is 3.37. The molecule has 0 unspecified atom stereocenters. The first-order valence-corrected chi connectivity index (χ1v) is 7.50. The number of hydrogen-bond acceptors (Lipinski definition) is 6. The van der Waals surface area contributed by atoms with Gasteiger partial charge in [0.15, 0.2) is 0 Å². The summed E-state index contributed by atoms with van der Waals surface area (Å²) >= 11 is 0. The molecule has 0 N–H and O–H groups in total. The zero-order valence-corrected chi connectivity index (χ0v) is 12.4. The van der Waals surface area contributed by atoms with Gasteiger partial charge in [-0.2, -0.15) is 0 Å². The molecule has 2 fully saturated rings. The number of nitrogens with zero attached hydrogens (tertiary/aromatic N) is 4. The Kier molecular flexibility index (Phi) is 4.33. The maximum absolute atomic E-state index is 5.73. The van der Waals surface area contributed by atoms with E-state index in [0.717, 1.165) is 44.6 Å². The highest BCUT2D eigenvalue weighted by atomic mass is 16.5. The van der Waals surface area contributed by atoms with E-state index in [4.69, 9.17) is 9.15 Å². The fourth-order valence-corrected chi connectivity index (χ4v) is 2.76. The summed E-state index contributed by atoms with van der Waals surface area (Å²) in [4.78, 5) is 4.78. The highest BCUT2D eigenvalue weighted by Crippen LogP contribution is 2.39. The lowest BCUT2D eigenvalue weighted by atomic mass is 10.2. The molecule has 1 aliphatic heterocycles. The quantitative estimate of drug-likeness (QED) is 0.745. The van der Waals surface area contributed by atoms with Gasteiger partial charge in [-0.1, -0.05) is 0 Å². The molecule has 0 amide bonds. The Hall–Kier alpha value is -0.980. The zero-order valence-electron chi connectivity index (χ0n) is 12.4. The molecule has 1 aliphatic carbocycles. The van der Waals surface area contributed by atoms with E-state index >= 15 is 0 Å². The SMILES string of the molecule is COCCN1CC[C@@H](N(C)Cc2nnc(C3CC3)o2)C1. The molecule has 6 heteroatoms.